The van der Waals surface area contributed by atoms with Crippen molar-refractivity contribution in [1.82, 2.24) is 9.21 Å². The summed E-state index contributed by atoms with van der Waals surface area (Å²) in [5.74, 6) is -0.646. The number of nitrogens with one attached hydrogen (secondary N) is 1. The van der Waals surface area contributed by atoms with Crippen molar-refractivity contribution in [3.8, 4) is 0 Å². The van der Waals surface area contributed by atoms with E-state index in [0.717, 1.165) is 36.1 Å². The van der Waals surface area contributed by atoms with Crippen molar-refractivity contribution >= 4 is 27.5 Å². The second-order valence-electron chi connectivity index (χ2n) is 7.95. The second kappa shape index (κ2) is 9.62. The Morgan fingerprint density at radius 3 is 2.29 bits per heavy atom. The molecule has 0 atom stereocenters. The Morgan fingerprint density at radius 2 is 1.65 bits per heavy atom. The van der Waals surface area contributed by atoms with Crippen LogP contribution in [0.1, 0.15) is 40.7 Å². The topological polar surface area (TPSA) is 86.8 Å². The summed E-state index contributed by atoms with van der Waals surface area (Å²) in [7, 11) is -2.00. The molecule has 2 aromatic carbocycles. The van der Waals surface area contributed by atoms with Crippen LogP contribution in [0.4, 0.5) is 5.69 Å². The molecule has 0 unspecified atom stereocenters. The Bertz CT molecular complexity index is 1060. The largest absolute Gasteiger partial charge is 0.332 e. The molecule has 1 fully saturated rings. The third-order valence-corrected chi connectivity index (χ3v) is 7.57. The van der Waals surface area contributed by atoms with Gasteiger partial charge < -0.3 is 10.2 Å². The lowest BCUT2D eigenvalue weighted by Crippen LogP contribution is -2.36. The number of carbonyl (C=O) groups is 2. The monoisotopic (exact) mass is 443 g/mol. The van der Waals surface area contributed by atoms with Crippen molar-refractivity contribution in [2.45, 2.75) is 38.0 Å². The van der Waals surface area contributed by atoms with Crippen molar-refractivity contribution in [3.63, 3.8) is 0 Å². The molecule has 31 heavy (non-hydrogen) atoms. The summed E-state index contributed by atoms with van der Waals surface area (Å²) in [5, 5.41) is 2.84. The Kier molecular flexibility index (Phi) is 7.12. The van der Waals surface area contributed by atoms with Gasteiger partial charge in [0.2, 0.25) is 15.9 Å². The molecule has 0 radical (unpaired) electrons. The molecular weight excluding hydrogens is 414 g/mol. The van der Waals surface area contributed by atoms with E-state index < -0.39 is 10.0 Å². The van der Waals surface area contributed by atoms with Gasteiger partial charge in [0.05, 0.1) is 11.4 Å². The minimum atomic E-state index is -3.54. The molecule has 0 spiro atoms. The number of carbonyl (C=O) groups excluding carboxylic acids is 2. The molecule has 1 N–H and O–H groups in total. The van der Waals surface area contributed by atoms with Gasteiger partial charge in [-0.3, -0.25) is 9.59 Å². The van der Waals surface area contributed by atoms with Crippen LogP contribution in [0, 0.1) is 13.8 Å². The number of amides is 2. The molecule has 3 rings (SSSR count). The number of hydrogen-bond acceptors (Lipinski definition) is 4. The van der Waals surface area contributed by atoms with Gasteiger partial charge in [-0.2, -0.15) is 4.31 Å². The highest BCUT2D eigenvalue weighted by molar-refractivity contribution is 7.89. The Morgan fingerprint density at radius 1 is 1.00 bits per heavy atom. The fourth-order valence-electron chi connectivity index (χ4n) is 3.61. The fraction of sp³-hybridized carbons (Fsp3) is 0.391. The predicted molar refractivity (Wildman–Crippen MR) is 121 cm³/mol. The molecule has 8 heteroatoms. The molecule has 1 aliphatic heterocycles. The maximum absolute atomic E-state index is 12.8. The number of benzene rings is 2. The van der Waals surface area contributed by atoms with Gasteiger partial charge in [-0.25, -0.2) is 8.42 Å². The molecule has 0 saturated carbocycles. The van der Waals surface area contributed by atoms with E-state index in [1.54, 1.807) is 7.05 Å². The van der Waals surface area contributed by atoms with Crippen LogP contribution in [-0.2, 0) is 14.8 Å². The Hall–Kier alpha value is -2.71. The first-order valence-corrected chi connectivity index (χ1v) is 11.9. The van der Waals surface area contributed by atoms with Gasteiger partial charge in [-0.15, -0.1) is 0 Å². The average molecular weight is 444 g/mol. The van der Waals surface area contributed by atoms with Crippen molar-refractivity contribution in [3.05, 3.63) is 59.2 Å². The fourth-order valence-corrected chi connectivity index (χ4v) is 5.12. The Labute approximate surface area is 184 Å². The van der Waals surface area contributed by atoms with Crippen molar-refractivity contribution in [1.29, 1.82) is 0 Å². The van der Waals surface area contributed by atoms with Crippen LogP contribution < -0.4 is 5.32 Å². The number of anilines is 1. The summed E-state index contributed by atoms with van der Waals surface area (Å²) < 4.78 is 27.0. The first kappa shape index (κ1) is 23.0. The molecule has 1 saturated heterocycles. The third-order valence-electron chi connectivity index (χ3n) is 5.66. The van der Waals surface area contributed by atoms with E-state index in [1.165, 1.54) is 33.5 Å². The lowest BCUT2D eigenvalue weighted by Gasteiger charge is -2.26. The van der Waals surface area contributed by atoms with E-state index in [-0.39, 0.29) is 23.3 Å². The van der Waals surface area contributed by atoms with E-state index in [4.69, 9.17) is 0 Å². The zero-order chi connectivity index (χ0) is 22.6. The van der Waals surface area contributed by atoms with Gasteiger partial charge in [-0.1, -0.05) is 18.6 Å². The first-order chi connectivity index (χ1) is 14.7. The molecular formula is C23H29N3O4S. The van der Waals surface area contributed by atoms with Gasteiger partial charge in [0.15, 0.2) is 0 Å². The lowest BCUT2D eigenvalue weighted by atomic mass is 10.1. The minimum absolute atomic E-state index is 0.111. The van der Waals surface area contributed by atoms with Crippen LogP contribution in [0.5, 0.6) is 0 Å². The van der Waals surface area contributed by atoms with Crippen molar-refractivity contribution < 1.29 is 18.0 Å². The molecule has 0 bridgehead atoms. The molecule has 0 aliphatic carbocycles. The smallest absolute Gasteiger partial charge is 0.254 e. The second-order valence-corrected chi connectivity index (χ2v) is 9.88. The SMILES string of the molecule is Cc1cccc(NC(=O)CN(C)C(=O)c2ccc(S(=O)(=O)N3CCCCC3)cc2)c1C. The molecule has 1 aliphatic rings. The summed E-state index contributed by atoms with van der Waals surface area (Å²) in [6.07, 6.45) is 2.78. The van der Waals surface area contributed by atoms with Crippen LogP contribution in [0.25, 0.3) is 0 Å². The van der Waals surface area contributed by atoms with Crippen LogP contribution in [-0.4, -0.2) is 56.1 Å². The van der Waals surface area contributed by atoms with E-state index in [2.05, 4.69) is 5.32 Å². The van der Waals surface area contributed by atoms with E-state index in [0.29, 0.717) is 18.7 Å². The van der Waals surface area contributed by atoms with Crippen LogP contribution in [0.2, 0.25) is 0 Å². The number of piperidine rings is 1. The van der Waals surface area contributed by atoms with E-state index in [1.807, 2.05) is 32.0 Å². The highest BCUT2D eigenvalue weighted by Crippen LogP contribution is 2.21. The highest BCUT2D eigenvalue weighted by atomic mass is 32.2. The summed E-state index contributed by atoms with van der Waals surface area (Å²) in [6, 6.07) is 11.6. The zero-order valence-electron chi connectivity index (χ0n) is 18.2. The summed E-state index contributed by atoms with van der Waals surface area (Å²) in [6.45, 7) is 4.84. The number of likely N-dealkylation sites (N-methyl/N-ethyl adjacent to an activating group) is 1. The van der Waals surface area contributed by atoms with E-state index >= 15 is 0 Å². The first-order valence-electron chi connectivity index (χ1n) is 10.4. The summed E-state index contributed by atoms with van der Waals surface area (Å²) in [5.41, 5.74) is 3.11. The van der Waals surface area contributed by atoms with Gasteiger partial charge in [-0.05, 0) is 68.1 Å². The molecule has 166 valence electrons. The van der Waals surface area contributed by atoms with Crippen LogP contribution >= 0.6 is 0 Å². The van der Waals surface area contributed by atoms with Crippen molar-refractivity contribution in [2.24, 2.45) is 0 Å². The number of nitrogens with zero attached hydrogens (tertiary/aromatic N) is 2. The summed E-state index contributed by atoms with van der Waals surface area (Å²) >= 11 is 0. The van der Waals surface area contributed by atoms with Crippen LogP contribution in [0.15, 0.2) is 47.4 Å². The highest BCUT2D eigenvalue weighted by Gasteiger charge is 2.26. The molecule has 2 aromatic rings. The molecule has 2 amide bonds. The number of hydrogen-bond donors (Lipinski definition) is 1. The number of rotatable bonds is 6. The molecule has 7 nitrogen and oxygen atoms in total. The predicted octanol–water partition coefficient (Wildman–Crippen LogP) is 3.19. The third kappa shape index (κ3) is 5.32. The standard InChI is InChI=1S/C23H29N3O4S/c1-17-8-7-9-21(18(17)2)24-22(27)16-25(3)23(28)19-10-12-20(13-11-19)31(29,30)26-14-5-4-6-15-26/h7-13H,4-6,14-16H2,1-3H3,(H,24,27). The van der Waals surface area contributed by atoms with Gasteiger partial charge in [0.1, 0.15) is 0 Å². The van der Waals surface area contributed by atoms with E-state index in [9.17, 15) is 18.0 Å². The lowest BCUT2D eigenvalue weighted by molar-refractivity contribution is -0.116. The van der Waals surface area contributed by atoms with Gasteiger partial charge in [0, 0.05) is 31.4 Å². The number of aryl methyl sites for hydroxylation is 1. The number of sulfonamides is 1. The van der Waals surface area contributed by atoms with Crippen molar-refractivity contribution in [2.75, 3.05) is 32.0 Å². The quantitative estimate of drug-likeness (QED) is 0.743. The normalized spacial score (nSPS) is 14.8. The maximum Gasteiger partial charge on any atom is 0.254 e. The zero-order valence-corrected chi connectivity index (χ0v) is 19.0. The summed E-state index contributed by atoms with van der Waals surface area (Å²) in [4.78, 5) is 26.6. The molecule has 0 aromatic heterocycles. The maximum atomic E-state index is 12.8. The molecule has 1 heterocycles. The van der Waals surface area contributed by atoms with Gasteiger partial charge >= 0.3 is 0 Å². The average Bonchev–Trinajstić information content (AvgIpc) is 2.77. The Balaban J connectivity index is 1.64. The minimum Gasteiger partial charge on any atom is -0.332 e. The van der Waals surface area contributed by atoms with Crippen LogP contribution in [0.3, 0.4) is 0 Å². The van der Waals surface area contributed by atoms with Gasteiger partial charge in [0.25, 0.3) is 5.91 Å².